The van der Waals surface area contributed by atoms with E-state index in [4.69, 9.17) is 12.2 Å². The Hall–Kier alpha value is -1.42. The van der Waals surface area contributed by atoms with Gasteiger partial charge in [-0.3, -0.25) is 4.79 Å². The summed E-state index contributed by atoms with van der Waals surface area (Å²) >= 11 is 4.99. The zero-order valence-electron chi connectivity index (χ0n) is 8.90. The summed E-state index contributed by atoms with van der Waals surface area (Å²) in [7, 11) is 0. The highest BCUT2D eigenvalue weighted by molar-refractivity contribution is 7.82. The van der Waals surface area contributed by atoms with Crippen molar-refractivity contribution < 1.29 is 4.79 Å². The zero-order valence-corrected chi connectivity index (χ0v) is 9.72. The molecule has 0 unspecified atom stereocenters. The molecular formula is C12H14N2OS. The number of hydrogen-bond donors (Lipinski definition) is 2. The molecule has 0 aliphatic heterocycles. The fraction of sp³-hybridized carbons (Fsp3) is 0.333. The number of thiocarbonyl (C=S) groups is 1. The first kappa shape index (κ1) is 11.1. The Morgan fingerprint density at radius 3 is 2.62 bits per heavy atom. The van der Waals surface area contributed by atoms with Gasteiger partial charge in [-0.05, 0) is 18.4 Å². The molecule has 1 aliphatic carbocycles. The van der Waals surface area contributed by atoms with Crippen LogP contribution in [0.1, 0.15) is 18.4 Å². The first-order valence-corrected chi connectivity index (χ1v) is 5.79. The van der Waals surface area contributed by atoms with E-state index in [2.05, 4.69) is 10.6 Å². The fourth-order valence-electron chi connectivity index (χ4n) is 1.34. The monoisotopic (exact) mass is 234 g/mol. The van der Waals surface area contributed by atoms with Crippen molar-refractivity contribution in [3.63, 3.8) is 0 Å². The Balaban J connectivity index is 1.76. The first-order chi connectivity index (χ1) is 7.75. The van der Waals surface area contributed by atoms with Gasteiger partial charge in [0.1, 0.15) is 0 Å². The van der Waals surface area contributed by atoms with Crippen molar-refractivity contribution in [1.82, 2.24) is 10.6 Å². The molecule has 0 spiro atoms. The Morgan fingerprint density at radius 2 is 2.00 bits per heavy atom. The molecule has 3 nitrogen and oxygen atoms in total. The number of carbonyl (C=O) groups excluding carboxylic acids is 1. The summed E-state index contributed by atoms with van der Waals surface area (Å²) in [5.74, 6) is -0.189. The molecule has 1 aliphatic rings. The van der Waals surface area contributed by atoms with E-state index in [1.165, 1.54) is 0 Å². The minimum absolute atomic E-state index is 0.189. The smallest absolute Gasteiger partial charge is 0.278 e. The molecule has 84 valence electrons. The highest BCUT2D eigenvalue weighted by Gasteiger charge is 2.23. The highest BCUT2D eigenvalue weighted by atomic mass is 32.1. The molecule has 1 saturated carbocycles. The lowest BCUT2D eigenvalue weighted by molar-refractivity contribution is -0.115. The van der Waals surface area contributed by atoms with Crippen molar-refractivity contribution in [2.45, 2.75) is 25.4 Å². The Morgan fingerprint density at radius 1 is 1.31 bits per heavy atom. The Labute approximate surface area is 100 Å². The quantitative estimate of drug-likeness (QED) is 0.776. The van der Waals surface area contributed by atoms with E-state index in [9.17, 15) is 4.79 Å². The average Bonchev–Trinajstić information content (AvgIpc) is 3.11. The molecule has 2 N–H and O–H groups in total. The number of hydrogen-bond acceptors (Lipinski definition) is 2. The topological polar surface area (TPSA) is 41.1 Å². The molecule has 1 fully saturated rings. The van der Waals surface area contributed by atoms with Crippen LogP contribution in [-0.4, -0.2) is 16.9 Å². The van der Waals surface area contributed by atoms with Gasteiger partial charge in [0.2, 0.25) is 0 Å². The van der Waals surface area contributed by atoms with Crippen LogP contribution in [0.2, 0.25) is 0 Å². The largest absolute Gasteiger partial charge is 0.369 e. The second-order valence-electron chi connectivity index (χ2n) is 3.92. The van der Waals surface area contributed by atoms with Gasteiger partial charge in [-0.2, -0.15) is 0 Å². The SMILES string of the molecule is O=C(NCc1ccccc1)C(=S)NC1CC1. The first-order valence-electron chi connectivity index (χ1n) is 5.38. The summed E-state index contributed by atoms with van der Waals surface area (Å²) in [6.45, 7) is 0.520. The third kappa shape index (κ3) is 3.31. The maximum atomic E-state index is 11.6. The lowest BCUT2D eigenvalue weighted by Gasteiger charge is -2.07. The van der Waals surface area contributed by atoms with Crippen LogP contribution >= 0.6 is 12.2 Å². The molecule has 1 amide bonds. The third-order valence-corrected chi connectivity index (χ3v) is 2.72. The van der Waals surface area contributed by atoms with E-state index in [-0.39, 0.29) is 5.91 Å². The van der Waals surface area contributed by atoms with Crippen LogP contribution in [0.3, 0.4) is 0 Å². The lowest BCUT2D eigenvalue weighted by Crippen LogP contribution is -2.39. The zero-order chi connectivity index (χ0) is 11.4. The summed E-state index contributed by atoms with van der Waals surface area (Å²) in [5, 5.41) is 5.80. The van der Waals surface area contributed by atoms with Crippen molar-refractivity contribution in [3.8, 4) is 0 Å². The van der Waals surface area contributed by atoms with E-state index in [1.54, 1.807) is 0 Å². The van der Waals surface area contributed by atoms with Crippen LogP contribution in [0.4, 0.5) is 0 Å². The van der Waals surface area contributed by atoms with E-state index in [0.717, 1.165) is 18.4 Å². The molecule has 0 bridgehead atoms. The van der Waals surface area contributed by atoms with Crippen LogP contribution in [0.25, 0.3) is 0 Å². The summed E-state index contributed by atoms with van der Waals surface area (Å²) in [5.41, 5.74) is 1.07. The Kier molecular flexibility index (Phi) is 3.51. The minimum Gasteiger partial charge on any atom is -0.369 e. The molecule has 2 rings (SSSR count). The summed E-state index contributed by atoms with van der Waals surface area (Å²) in [6.07, 6.45) is 2.23. The van der Waals surface area contributed by atoms with Crippen molar-refractivity contribution in [1.29, 1.82) is 0 Å². The number of rotatable bonds is 3. The molecule has 1 aromatic rings. The molecule has 4 heteroatoms. The number of nitrogens with one attached hydrogen (secondary N) is 2. The lowest BCUT2D eigenvalue weighted by atomic mass is 10.2. The summed E-state index contributed by atoms with van der Waals surface area (Å²) < 4.78 is 0. The van der Waals surface area contributed by atoms with Crippen LogP contribution < -0.4 is 10.6 Å². The van der Waals surface area contributed by atoms with Crippen molar-refractivity contribution in [2.75, 3.05) is 0 Å². The van der Waals surface area contributed by atoms with E-state index < -0.39 is 0 Å². The second kappa shape index (κ2) is 5.07. The number of benzene rings is 1. The standard InChI is InChI=1S/C12H14N2OS/c15-11(12(16)14-10-6-7-10)13-8-9-4-2-1-3-5-9/h1-5,10H,6-8H2,(H,13,15)(H,14,16). The van der Waals surface area contributed by atoms with Crippen LogP contribution in [0, 0.1) is 0 Å². The van der Waals surface area contributed by atoms with Gasteiger partial charge >= 0.3 is 0 Å². The normalized spacial score (nSPS) is 14.2. The number of carbonyl (C=O) groups is 1. The molecule has 0 saturated heterocycles. The van der Waals surface area contributed by atoms with Gasteiger partial charge in [0.25, 0.3) is 5.91 Å². The maximum absolute atomic E-state index is 11.6. The fourth-order valence-corrected chi connectivity index (χ4v) is 1.58. The van der Waals surface area contributed by atoms with Crippen LogP contribution in [-0.2, 0) is 11.3 Å². The van der Waals surface area contributed by atoms with Crippen molar-refractivity contribution in [3.05, 3.63) is 35.9 Å². The van der Waals surface area contributed by atoms with Gasteiger partial charge in [-0.15, -0.1) is 0 Å². The van der Waals surface area contributed by atoms with E-state index in [1.807, 2.05) is 30.3 Å². The molecule has 0 heterocycles. The molecule has 0 atom stereocenters. The van der Waals surface area contributed by atoms with Gasteiger partial charge in [-0.1, -0.05) is 42.5 Å². The van der Waals surface area contributed by atoms with Gasteiger partial charge in [0.05, 0.1) is 0 Å². The van der Waals surface area contributed by atoms with Crippen molar-refractivity contribution >= 4 is 23.1 Å². The predicted molar refractivity (Wildman–Crippen MR) is 67.0 cm³/mol. The van der Waals surface area contributed by atoms with Crippen LogP contribution in [0.5, 0.6) is 0 Å². The summed E-state index contributed by atoms with van der Waals surface area (Å²) in [4.78, 5) is 11.9. The molecule has 0 aromatic heterocycles. The predicted octanol–water partition coefficient (Wildman–Crippen LogP) is 1.38. The van der Waals surface area contributed by atoms with Gasteiger partial charge < -0.3 is 10.6 Å². The molecule has 16 heavy (non-hydrogen) atoms. The minimum atomic E-state index is -0.189. The van der Waals surface area contributed by atoms with E-state index in [0.29, 0.717) is 17.6 Å². The molecule has 1 aromatic carbocycles. The number of amides is 1. The van der Waals surface area contributed by atoms with Gasteiger partial charge in [0.15, 0.2) is 4.99 Å². The maximum Gasteiger partial charge on any atom is 0.278 e. The molecular weight excluding hydrogens is 220 g/mol. The van der Waals surface area contributed by atoms with Gasteiger partial charge in [0, 0.05) is 12.6 Å². The molecule has 0 radical (unpaired) electrons. The second-order valence-corrected chi connectivity index (χ2v) is 4.32. The Bertz CT molecular complexity index is 387. The van der Waals surface area contributed by atoms with Gasteiger partial charge in [-0.25, -0.2) is 0 Å². The van der Waals surface area contributed by atoms with Crippen molar-refractivity contribution in [2.24, 2.45) is 0 Å². The highest BCUT2D eigenvalue weighted by Crippen LogP contribution is 2.18. The average molecular weight is 234 g/mol. The summed E-state index contributed by atoms with van der Waals surface area (Å²) in [6, 6.07) is 10.2. The third-order valence-electron chi connectivity index (χ3n) is 2.41. The van der Waals surface area contributed by atoms with Crippen LogP contribution in [0.15, 0.2) is 30.3 Å². The van der Waals surface area contributed by atoms with E-state index >= 15 is 0 Å².